The topological polar surface area (TPSA) is 53.0 Å². The highest BCUT2D eigenvalue weighted by Crippen LogP contribution is 2.28. The largest absolute Gasteiger partial charge is 0.314 e. The zero-order chi connectivity index (χ0) is 21.1. The Kier molecular flexibility index (Phi) is 5.39. The van der Waals surface area contributed by atoms with Crippen LogP contribution in [0.15, 0.2) is 83.9 Å². The van der Waals surface area contributed by atoms with E-state index in [9.17, 15) is 14.0 Å². The second kappa shape index (κ2) is 8.29. The normalized spacial score (nSPS) is 13.3. The number of benzodiazepines with no additional fused rings is 1. The quantitative estimate of drug-likeness (QED) is 0.670. The lowest BCUT2D eigenvalue weighted by molar-refractivity contribution is -0.121. The molecule has 0 saturated carbocycles. The summed E-state index contributed by atoms with van der Waals surface area (Å²) in [5.41, 5.74) is 2.62. The molecule has 5 nitrogen and oxygen atoms in total. The summed E-state index contributed by atoms with van der Waals surface area (Å²) in [5, 5.41) is 0. The number of fused-ring (bicyclic) bond motifs is 1. The van der Waals surface area contributed by atoms with Crippen molar-refractivity contribution in [3.05, 3.63) is 95.8 Å². The molecule has 0 spiro atoms. The molecule has 0 aromatic heterocycles. The maximum Gasteiger partial charge on any atom is 0.249 e. The van der Waals surface area contributed by atoms with Crippen molar-refractivity contribution >= 4 is 28.9 Å². The minimum atomic E-state index is -0.410. The van der Waals surface area contributed by atoms with Gasteiger partial charge >= 0.3 is 0 Å². The van der Waals surface area contributed by atoms with E-state index >= 15 is 0 Å². The molecule has 3 aromatic rings. The number of nitrogens with zero attached hydrogens (tertiary/aromatic N) is 3. The minimum Gasteiger partial charge on any atom is -0.314 e. The molecule has 1 heterocycles. The lowest BCUT2D eigenvalue weighted by Crippen LogP contribution is -2.42. The third kappa shape index (κ3) is 3.72. The Morgan fingerprint density at radius 1 is 0.967 bits per heavy atom. The van der Waals surface area contributed by atoms with Crippen LogP contribution in [0.5, 0.6) is 0 Å². The Morgan fingerprint density at radius 3 is 2.33 bits per heavy atom. The first-order valence-corrected chi connectivity index (χ1v) is 9.57. The SMILES string of the molecule is CN(C(=O)CN1C(=O)CN=C(c2ccccc2F)c2ccccc21)c1ccccc1. The Labute approximate surface area is 174 Å². The average molecular weight is 401 g/mol. The summed E-state index contributed by atoms with van der Waals surface area (Å²) in [5.74, 6) is -0.964. The van der Waals surface area contributed by atoms with Crippen molar-refractivity contribution in [2.24, 2.45) is 4.99 Å². The predicted octanol–water partition coefficient (Wildman–Crippen LogP) is 3.67. The molecule has 30 heavy (non-hydrogen) atoms. The lowest BCUT2D eigenvalue weighted by Gasteiger charge is -2.25. The summed E-state index contributed by atoms with van der Waals surface area (Å²) in [6.45, 7) is -0.304. The summed E-state index contributed by atoms with van der Waals surface area (Å²) in [6, 6.07) is 22.7. The van der Waals surface area contributed by atoms with Gasteiger partial charge in [-0.1, -0.05) is 48.5 Å². The average Bonchev–Trinajstić information content (AvgIpc) is 2.91. The highest BCUT2D eigenvalue weighted by Gasteiger charge is 2.28. The van der Waals surface area contributed by atoms with Crippen LogP contribution in [0, 0.1) is 5.82 Å². The highest BCUT2D eigenvalue weighted by atomic mass is 19.1. The molecule has 2 amide bonds. The first-order chi connectivity index (χ1) is 14.6. The van der Waals surface area contributed by atoms with Crippen LogP contribution in [0.1, 0.15) is 11.1 Å². The smallest absolute Gasteiger partial charge is 0.249 e. The summed E-state index contributed by atoms with van der Waals surface area (Å²) in [4.78, 5) is 33.1. The number of anilines is 2. The fourth-order valence-electron chi connectivity index (χ4n) is 3.45. The molecule has 3 aromatic carbocycles. The van der Waals surface area contributed by atoms with Crippen LogP contribution in [0.2, 0.25) is 0 Å². The monoisotopic (exact) mass is 401 g/mol. The van der Waals surface area contributed by atoms with Crippen LogP contribution in [-0.4, -0.2) is 37.7 Å². The van der Waals surface area contributed by atoms with Crippen LogP contribution in [0.4, 0.5) is 15.8 Å². The van der Waals surface area contributed by atoms with E-state index < -0.39 is 5.82 Å². The molecule has 0 N–H and O–H groups in total. The van der Waals surface area contributed by atoms with Gasteiger partial charge in [-0.15, -0.1) is 0 Å². The Morgan fingerprint density at radius 2 is 1.60 bits per heavy atom. The van der Waals surface area contributed by atoms with E-state index in [1.807, 2.05) is 30.3 Å². The zero-order valence-corrected chi connectivity index (χ0v) is 16.5. The number of aliphatic imine (C=N–C) groups is 1. The van der Waals surface area contributed by atoms with E-state index in [2.05, 4.69) is 4.99 Å². The van der Waals surface area contributed by atoms with Crippen LogP contribution in [0.3, 0.4) is 0 Å². The lowest BCUT2D eigenvalue weighted by atomic mass is 9.99. The van der Waals surface area contributed by atoms with Crippen molar-refractivity contribution in [1.29, 1.82) is 0 Å². The number of halogens is 1. The molecule has 0 atom stereocenters. The number of para-hydroxylation sites is 2. The third-order valence-electron chi connectivity index (χ3n) is 5.06. The molecule has 4 rings (SSSR count). The van der Waals surface area contributed by atoms with Gasteiger partial charge in [0.1, 0.15) is 18.9 Å². The van der Waals surface area contributed by atoms with E-state index in [0.29, 0.717) is 22.5 Å². The number of carbonyl (C=O) groups excluding carboxylic acids is 2. The van der Waals surface area contributed by atoms with Gasteiger partial charge in [0.25, 0.3) is 0 Å². The molecular weight excluding hydrogens is 381 g/mol. The van der Waals surface area contributed by atoms with Gasteiger partial charge < -0.3 is 9.80 Å². The van der Waals surface area contributed by atoms with Crippen molar-refractivity contribution in [3.63, 3.8) is 0 Å². The van der Waals surface area contributed by atoms with Crippen molar-refractivity contribution in [2.75, 3.05) is 29.9 Å². The Hall–Kier alpha value is -3.80. The van der Waals surface area contributed by atoms with E-state index in [1.54, 1.807) is 49.5 Å². The second-order valence-electron chi connectivity index (χ2n) is 6.93. The highest BCUT2D eigenvalue weighted by molar-refractivity contribution is 6.20. The molecule has 0 aliphatic carbocycles. The third-order valence-corrected chi connectivity index (χ3v) is 5.06. The van der Waals surface area contributed by atoms with Gasteiger partial charge in [0, 0.05) is 23.9 Å². The minimum absolute atomic E-state index is 0.138. The molecule has 150 valence electrons. The number of amides is 2. The van der Waals surface area contributed by atoms with Gasteiger partial charge in [-0.2, -0.15) is 0 Å². The number of likely N-dealkylation sites (N-methyl/N-ethyl adjacent to an activating group) is 1. The van der Waals surface area contributed by atoms with E-state index in [-0.39, 0.29) is 24.9 Å². The molecular formula is C24H20FN3O2. The van der Waals surface area contributed by atoms with Gasteiger partial charge in [-0.05, 0) is 30.3 Å². The van der Waals surface area contributed by atoms with Crippen LogP contribution >= 0.6 is 0 Å². The molecule has 1 aliphatic rings. The van der Waals surface area contributed by atoms with Crippen molar-refractivity contribution < 1.29 is 14.0 Å². The van der Waals surface area contributed by atoms with Gasteiger partial charge in [-0.25, -0.2) is 4.39 Å². The maximum absolute atomic E-state index is 14.5. The van der Waals surface area contributed by atoms with Crippen LogP contribution in [0.25, 0.3) is 0 Å². The second-order valence-corrected chi connectivity index (χ2v) is 6.93. The van der Waals surface area contributed by atoms with Crippen molar-refractivity contribution in [1.82, 2.24) is 0 Å². The van der Waals surface area contributed by atoms with Gasteiger partial charge in [0.2, 0.25) is 11.8 Å². The number of benzene rings is 3. The van der Waals surface area contributed by atoms with Crippen molar-refractivity contribution in [2.45, 2.75) is 0 Å². The van der Waals surface area contributed by atoms with E-state index in [4.69, 9.17) is 0 Å². The first kappa shape index (κ1) is 19.5. The van der Waals surface area contributed by atoms with E-state index in [0.717, 1.165) is 5.69 Å². The summed E-state index contributed by atoms with van der Waals surface area (Å²) in [6.07, 6.45) is 0. The number of rotatable bonds is 4. The van der Waals surface area contributed by atoms with Crippen molar-refractivity contribution in [3.8, 4) is 0 Å². The molecule has 0 fully saturated rings. The standard InChI is InChI=1S/C24H20FN3O2/c1-27(17-9-3-2-4-10-17)23(30)16-28-21-14-8-6-12-19(21)24(26-15-22(28)29)18-11-5-7-13-20(18)25/h2-14H,15-16H2,1H3. The Bertz CT molecular complexity index is 1130. The van der Waals surface area contributed by atoms with Gasteiger partial charge in [0.05, 0.1) is 11.4 Å². The summed E-state index contributed by atoms with van der Waals surface area (Å²) in [7, 11) is 1.67. The fourth-order valence-corrected chi connectivity index (χ4v) is 3.45. The molecule has 0 bridgehead atoms. The number of hydrogen-bond acceptors (Lipinski definition) is 3. The van der Waals surface area contributed by atoms with E-state index in [1.165, 1.54) is 15.9 Å². The molecule has 0 saturated heterocycles. The summed E-state index contributed by atoms with van der Waals surface area (Å²) < 4.78 is 14.5. The number of hydrogen-bond donors (Lipinski definition) is 0. The van der Waals surface area contributed by atoms with Gasteiger partial charge in [0.15, 0.2) is 0 Å². The summed E-state index contributed by atoms with van der Waals surface area (Å²) >= 11 is 0. The first-order valence-electron chi connectivity index (χ1n) is 9.57. The molecule has 1 aliphatic heterocycles. The Balaban J connectivity index is 1.70. The number of carbonyl (C=O) groups is 2. The predicted molar refractivity (Wildman–Crippen MR) is 116 cm³/mol. The zero-order valence-electron chi connectivity index (χ0n) is 16.5. The van der Waals surface area contributed by atoms with Crippen LogP contribution in [-0.2, 0) is 9.59 Å². The fraction of sp³-hybridized carbons (Fsp3) is 0.125. The van der Waals surface area contributed by atoms with Crippen LogP contribution < -0.4 is 9.80 Å². The molecule has 0 unspecified atom stereocenters. The maximum atomic E-state index is 14.5. The molecule has 6 heteroatoms. The van der Waals surface area contributed by atoms with Gasteiger partial charge in [-0.3, -0.25) is 14.6 Å². The molecule has 0 radical (unpaired) electrons.